The number of carbonyl (C=O) groups excluding carboxylic acids is 2. The van der Waals surface area contributed by atoms with Gasteiger partial charge in [-0.05, 0) is 41.8 Å². The van der Waals surface area contributed by atoms with Crippen LogP contribution in [0.4, 0.5) is 0 Å². The maximum absolute atomic E-state index is 11.2. The van der Waals surface area contributed by atoms with Crippen LogP contribution in [0.15, 0.2) is 36.4 Å². The number of primary amides is 1. The van der Waals surface area contributed by atoms with E-state index >= 15 is 0 Å². The normalized spacial score (nSPS) is 10.1. The van der Waals surface area contributed by atoms with Crippen LogP contribution in [0.2, 0.25) is 0 Å². The van der Waals surface area contributed by atoms with Crippen molar-refractivity contribution in [2.24, 2.45) is 5.73 Å². The lowest BCUT2D eigenvalue weighted by atomic mass is 9.91. The van der Waals surface area contributed by atoms with Gasteiger partial charge in [0.15, 0.2) is 6.29 Å². The molecule has 2 aromatic rings. The number of rotatable bonds is 4. The van der Waals surface area contributed by atoms with Crippen LogP contribution < -0.4 is 5.73 Å². The van der Waals surface area contributed by atoms with Crippen molar-refractivity contribution in [2.75, 3.05) is 0 Å². The molecule has 0 unspecified atom stereocenters. The SMILES string of the molecule is Cc1c(C(=O)O)ccc(C=O)c1-c1ccc(C(N)=O)cc1. The highest BCUT2D eigenvalue weighted by molar-refractivity contribution is 5.98. The van der Waals surface area contributed by atoms with E-state index in [4.69, 9.17) is 10.8 Å². The Hall–Kier alpha value is -2.95. The van der Waals surface area contributed by atoms with Crippen LogP contribution in [-0.2, 0) is 0 Å². The Labute approximate surface area is 121 Å². The predicted octanol–water partition coefficient (Wildman–Crippen LogP) is 2.27. The molecule has 0 aliphatic heterocycles. The van der Waals surface area contributed by atoms with Crippen LogP contribution in [0.3, 0.4) is 0 Å². The molecule has 0 aliphatic rings. The van der Waals surface area contributed by atoms with Gasteiger partial charge in [-0.25, -0.2) is 4.79 Å². The third kappa shape index (κ3) is 2.67. The largest absolute Gasteiger partial charge is 0.478 e. The molecule has 0 aliphatic carbocycles. The first-order valence-corrected chi connectivity index (χ1v) is 6.18. The lowest BCUT2D eigenvalue weighted by molar-refractivity contribution is 0.0695. The zero-order valence-corrected chi connectivity index (χ0v) is 11.3. The van der Waals surface area contributed by atoms with Gasteiger partial charge in [0, 0.05) is 11.1 Å². The first-order valence-electron chi connectivity index (χ1n) is 6.18. The Morgan fingerprint density at radius 2 is 1.71 bits per heavy atom. The molecule has 0 saturated heterocycles. The minimum atomic E-state index is -1.06. The smallest absolute Gasteiger partial charge is 0.335 e. The van der Waals surface area contributed by atoms with Crippen LogP contribution in [0, 0.1) is 6.92 Å². The van der Waals surface area contributed by atoms with E-state index in [1.54, 1.807) is 31.2 Å². The van der Waals surface area contributed by atoms with Crippen molar-refractivity contribution in [3.05, 3.63) is 58.7 Å². The van der Waals surface area contributed by atoms with E-state index in [9.17, 15) is 14.4 Å². The fourth-order valence-corrected chi connectivity index (χ4v) is 2.25. The standard InChI is InChI=1S/C16H13NO4/c1-9-13(16(20)21)7-6-12(8-18)14(9)10-2-4-11(5-3-10)15(17)19/h2-8H,1H3,(H2,17,19)(H,20,21). The molecule has 2 rings (SSSR count). The lowest BCUT2D eigenvalue weighted by Gasteiger charge is -2.12. The van der Waals surface area contributed by atoms with Crippen LogP contribution in [0.5, 0.6) is 0 Å². The monoisotopic (exact) mass is 283 g/mol. The average molecular weight is 283 g/mol. The Balaban J connectivity index is 2.66. The number of hydrogen-bond donors (Lipinski definition) is 2. The lowest BCUT2D eigenvalue weighted by Crippen LogP contribution is -2.10. The fourth-order valence-electron chi connectivity index (χ4n) is 2.25. The zero-order valence-electron chi connectivity index (χ0n) is 11.3. The number of carboxylic acid groups (broad SMARTS) is 1. The summed E-state index contributed by atoms with van der Waals surface area (Å²) in [6.45, 7) is 1.65. The molecule has 1 amide bonds. The van der Waals surface area contributed by atoms with E-state index in [-0.39, 0.29) is 5.56 Å². The molecule has 21 heavy (non-hydrogen) atoms. The highest BCUT2D eigenvalue weighted by Gasteiger charge is 2.15. The number of carbonyl (C=O) groups is 3. The number of aldehydes is 1. The molecular formula is C16H13NO4. The van der Waals surface area contributed by atoms with Crippen LogP contribution in [0.25, 0.3) is 11.1 Å². The van der Waals surface area contributed by atoms with Crippen molar-refractivity contribution in [3.63, 3.8) is 0 Å². The summed E-state index contributed by atoms with van der Waals surface area (Å²) in [5, 5.41) is 9.17. The number of nitrogens with two attached hydrogens (primary N) is 1. The summed E-state index contributed by atoms with van der Waals surface area (Å²) >= 11 is 0. The summed E-state index contributed by atoms with van der Waals surface area (Å²) in [6.07, 6.45) is 0.677. The van der Waals surface area contributed by atoms with Crippen LogP contribution >= 0.6 is 0 Å². The molecule has 0 fully saturated rings. The number of carboxylic acids is 1. The molecule has 0 heterocycles. The van der Waals surface area contributed by atoms with E-state index in [1.807, 2.05) is 0 Å². The highest BCUT2D eigenvalue weighted by atomic mass is 16.4. The molecular weight excluding hydrogens is 270 g/mol. The molecule has 2 aromatic carbocycles. The molecule has 0 bridgehead atoms. The molecule has 3 N–H and O–H groups in total. The van der Waals surface area contributed by atoms with Crippen molar-refractivity contribution >= 4 is 18.2 Å². The third-order valence-corrected chi connectivity index (χ3v) is 3.31. The van der Waals surface area contributed by atoms with Crippen LogP contribution in [-0.4, -0.2) is 23.3 Å². The fraction of sp³-hybridized carbons (Fsp3) is 0.0625. The highest BCUT2D eigenvalue weighted by Crippen LogP contribution is 2.29. The zero-order chi connectivity index (χ0) is 15.6. The summed E-state index contributed by atoms with van der Waals surface area (Å²) in [4.78, 5) is 33.5. The van der Waals surface area contributed by atoms with Gasteiger partial charge in [0.2, 0.25) is 5.91 Å². The van der Waals surface area contributed by atoms with Gasteiger partial charge >= 0.3 is 5.97 Å². The second-order valence-corrected chi connectivity index (χ2v) is 4.57. The Kier molecular flexibility index (Phi) is 3.84. The molecule has 0 atom stereocenters. The Morgan fingerprint density at radius 3 is 2.19 bits per heavy atom. The Morgan fingerprint density at radius 1 is 1.10 bits per heavy atom. The van der Waals surface area contributed by atoms with Crippen molar-refractivity contribution in [1.82, 2.24) is 0 Å². The van der Waals surface area contributed by atoms with E-state index < -0.39 is 11.9 Å². The van der Waals surface area contributed by atoms with Crippen LogP contribution in [0.1, 0.15) is 36.6 Å². The molecule has 0 saturated carbocycles. The second kappa shape index (κ2) is 5.58. The van der Waals surface area contributed by atoms with E-state index in [1.165, 1.54) is 12.1 Å². The number of benzene rings is 2. The van der Waals surface area contributed by atoms with Crippen molar-refractivity contribution in [3.8, 4) is 11.1 Å². The summed E-state index contributed by atoms with van der Waals surface area (Å²) < 4.78 is 0. The minimum Gasteiger partial charge on any atom is -0.478 e. The maximum atomic E-state index is 11.2. The third-order valence-electron chi connectivity index (χ3n) is 3.31. The van der Waals surface area contributed by atoms with Gasteiger partial charge in [0.1, 0.15) is 0 Å². The van der Waals surface area contributed by atoms with Gasteiger partial charge in [-0.15, -0.1) is 0 Å². The van der Waals surface area contributed by atoms with Gasteiger partial charge in [-0.1, -0.05) is 18.2 Å². The molecule has 0 radical (unpaired) electrons. The topological polar surface area (TPSA) is 97.5 Å². The first-order chi connectivity index (χ1) is 9.95. The summed E-state index contributed by atoms with van der Waals surface area (Å²) in [5.74, 6) is -1.60. The van der Waals surface area contributed by atoms with Gasteiger partial charge in [-0.3, -0.25) is 9.59 Å². The van der Waals surface area contributed by atoms with Gasteiger partial charge in [0.05, 0.1) is 5.56 Å². The molecule has 5 nitrogen and oxygen atoms in total. The maximum Gasteiger partial charge on any atom is 0.335 e. The van der Waals surface area contributed by atoms with Gasteiger partial charge in [-0.2, -0.15) is 0 Å². The Bertz CT molecular complexity index is 733. The molecule has 0 aromatic heterocycles. The summed E-state index contributed by atoms with van der Waals surface area (Å²) in [7, 11) is 0. The van der Waals surface area contributed by atoms with Crippen molar-refractivity contribution in [1.29, 1.82) is 0 Å². The number of amides is 1. The summed E-state index contributed by atoms with van der Waals surface area (Å²) in [5.41, 5.74) is 7.75. The molecule has 5 heteroatoms. The van der Waals surface area contributed by atoms with E-state index in [0.29, 0.717) is 34.1 Å². The molecule has 106 valence electrons. The molecule has 0 spiro atoms. The predicted molar refractivity (Wildman–Crippen MR) is 77.5 cm³/mol. The first kappa shape index (κ1) is 14.5. The number of aromatic carboxylic acids is 1. The van der Waals surface area contributed by atoms with Gasteiger partial charge in [0.25, 0.3) is 0 Å². The van der Waals surface area contributed by atoms with Crippen molar-refractivity contribution in [2.45, 2.75) is 6.92 Å². The summed E-state index contributed by atoms with van der Waals surface area (Å²) in [6, 6.07) is 9.24. The average Bonchev–Trinajstić information content (AvgIpc) is 2.46. The second-order valence-electron chi connectivity index (χ2n) is 4.57. The quantitative estimate of drug-likeness (QED) is 0.841. The minimum absolute atomic E-state index is 0.134. The van der Waals surface area contributed by atoms with Gasteiger partial charge < -0.3 is 10.8 Å². The van der Waals surface area contributed by atoms with E-state index in [0.717, 1.165) is 0 Å². The van der Waals surface area contributed by atoms with Crippen molar-refractivity contribution < 1.29 is 19.5 Å². The van der Waals surface area contributed by atoms with E-state index in [2.05, 4.69) is 0 Å². The number of hydrogen-bond acceptors (Lipinski definition) is 3.